The van der Waals surface area contributed by atoms with Gasteiger partial charge in [-0.1, -0.05) is 6.58 Å². The van der Waals surface area contributed by atoms with Crippen molar-refractivity contribution < 1.29 is 14.4 Å². The molecule has 2 heterocycles. The fourth-order valence-electron chi connectivity index (χ4n) is 2.34. The predicted molar refractivity (Wildman–Crippen MR) is 78.0 cm³/mol. The van der Waals surface area contributed by atoms with Crippen molar-refractivity contribution in [1.29, 1.82) is 0 Å². The van der Waals surface area contributed by atoms with Gasteiger partial charge in [-0.3, -0.25) is 14.5 Å². The number of aldehydes is 1. The molecule has 110 valence electrons. The summed E-state index contributed by atoms with van der Waals surface area (Å²) >= 11 is 0. The normalized spacial score (nSPS) is 13.8. The van der Waals surface area contributed by atoms with Gasteiger partial charge in [-0.05, 0) is 31.1 Å². The van der Waals surface area contributed by atoms with Crippen molar-refractivity contribution in [2.75, 3.05) is 24.5 Å². The van der Waals surface area contributed by atoms with Gasteiger partial charge in [-0.25, -0.2) is 4.98 Å². The average molecular weight is 287 g/mol. The van der Waals surface area contributed by atoms with E-state index in [1.165, 1.54) is 6.20 Å². The minimum atomic E-state index is -0.462. The Kier molecular flexibility index (Phi) is 4.81. The van der Waals surface area contributed by atoms with Gasteiger partial charge in [0.2, 0.25) is 0 Å². The van der Waals surface area contributed by atoms with Crippen LogP contribution in [0, 0.1) is 0 Å². The maximum Gasteiger partial charge on any atom is 0.257 e. The van der Waals surface area contributed by atoms with E-state index >= 15 is 0 Å². The Hall–Kier alpha value is -2.50. The fraction of sp³-hybridized carbons (Fsp3) is 0.333. The zero-order chi connectivity index (χ0) is 15.2. The number of nitrogens with zero attached hydrogens (tertiary/aromatic N) is 3. The number of pyridine rings is 1. The minimum Gasteiger partial charge on any atom is -0.339 e. The largest absolute Gasteiger partial charge is 0.339 e. The first-order valence-corrected chi connectivity index (χ1v) is 6.81. The summed E-state index contributed by atoms with van der Waals surface area (Å²) in [6.07, 6.45) is 5.14. The van der Waals surface area contributed by atoms with Crippen molar-refractivity contribution in [2.24, 2.45) is 0 Å². The van der Waals surface area contributed by atoms with Crippen LogP contribution in [0.15, 0.2) is 31.0 Å². The average Bonchev–Trinajstić information content (AvgIpc) is 3.05. The van der Waals surface area contributed by atoms with Gasteiger partial charge in [0, 0.05) is 19.3 Å². The van der Waals surface area contributed by atoms with E-state index in [1.54, 1.807) is 17.0 Å². The Balaban J connectivity index is 2.38. The van der Waals surface area contributed by atoms with E-state index < -0.39 is 5.91 Å². The third kappa shape index (κ3) is 3.16. The van der Waals surface area contributed by atoms with Gasteiger partial charge in [-0.15, -0.1) is 0 Å². The lowest BCUT2D eigenvalue weighted by Gasteiger charge is -2.22. The molecular formula is C15H17N3O3. The highest BCUT2D eigenvalue weighted by Crippen LogP contribution is 2.21. The van der Waals surface area contributed by atoms with Gasteiger partial charge in [0.25, 0.3) is 11.8 Å². The first kappa shape index (κ1) is 14.9. The van der Waals surface area contributed by atoms with Gasteiger partial charge in [-0.2, -0.15) is 0 Å². The number of hydrogen-bond acceptors (Lipinski definition) is 4. The van der Waals surface area contributed by atoms with E-state index in [9.17, 15) is 14.4 Å². The van der Waals surface area contributed by atoms with E-state index in [2.05, 4.69) is 11.6 Å². The quantitative estimate of drug-likeness (QED) is 0.599. The molecule has 6 heteroatoms. The Bertz CT molecular complexity index is 565. The monoisotopic (exact) mass is 287 g/mol. The number of carbonyl (C=O) groups excluding carboxylic acids is 3. The van der Waals surface area contributed by atoms with Gasteiger partial charge in [0.15, 0.2) is 0 Å². The molecule has 21 heavy (non-hydrogen) atoms. The lowest BCUT2D eigenvalue weighted by atomic mass is 10.2. The molecule has 0 radical (unpaired) electrons. The van der Waals surface area contributed by atoms with Crippen LogP contribution in [0.2, 0.25) is 0 Å². The maximum atomic E-state index is 12.5. The molecular weight excluding hydrogens is 270 g/mol. The summed E-state index contributed by atoms with van der Waals surface area (Å²) in [6.45, 7) is 4.66. The van der Waals surface area contributed by atoms with Crippen molar-refractivity contribution in [3.8, 4) is 0 Å². The number of aromatic nitrogens is 1. The van der Waals surface area contributed by atoms with E-state index in [0.717, 1.165) is 23.8 Å². The van der Waals surface area contributed by atoms with Crippen LogP contribution in [0.5, 0.6) is 0 Å². The van der Waals surface area contributed by atoms with Crippen LogP contribution in [0.4, 0.5) is 5.82 Å². The maximum absolute atomic E-state index is 12.5. The Morgan fingerprint density at radius 1 is 1.38 bits per heavy atom. The molecule has 0 N–H and O–H groups in total. The summed E-state index contributed by atoms with van der Waals surface area (Å²) in [4.78, 5) is 42.2. The van der Waals surface area contributed by atoms with Gasteiger partial charge in [0.05, 0.1) is 12.1 Å². The molecule has 1 saturated heterocycles. The summed E-state index contributed by atoms with van der Waals surface area (Å²) < 4.78 is 0. The molecule has 1 fully saturated rings. The molecule has 0 unspecified atom stereocenters. The number of hydrogen-bond donors (Lipinski definition) is 0. The number of amides is 2. The van der Waals surface area contributed by atoms with E-state index in [-0.39, 0.29) is 18.3 Å². The molecule has 0 bridgehead atoms. The van der Waals surface area contributed by atoms with Gasteiger partial charge >= 0.3 is 0 Å². The van der Waals surface area contributed by atoms with Crippen LogP contribution in [0.1, 0.15) is 23.2 Å². The third-order valence-corrected chi connectivity index (χ3v) is 3.36. The summed E-state index contributed by atoms with van der Waals surface area (Å²) in [5.41, 5.74) is 0.330. The summed E-state index contributed by atoms with van der Waals surface area (Å²) in [5, 5.41) is 0. The number of carbonyl (C=O) groups is 3. The molecule has 2 amide bonds. The minimum absolute atomic E-state index is 0.164. The Labute approximate surface area is 123 Å². The number of likely N-dealkylation sites (tertiary alicyclic amines) is 1. The first-order valence-electron chi connectivity index (χ1n) is 6.81. The lowest BCUT2D eigenvalue weighted by Crippen LogP contribution is -2.35. The molecule has 0 atom stereocenters. The molecule has 2 rings (SSSR count). The molecule has 0 saturated carbocycles. The third-order valence-electron chi connectivity index (χ3n) is 3.36. The van der Waals surface area contributed by atoms with Crippen LogP contribution in [-0.2, 0) is 9.59 Å². The second-order valence-electron chi connectivity index (χ2n) is 4.69. The Morgan fingerprint density at radius 2 is 2.10 bits per heavy atom. The van der Waals surface area contributed by atoms with E-state index in [0.29, 0.717) is 24.9 Å². The molecule has 0 spiro atoms. The second-order valence-corrected chi connectivity index (χ2v) is 4.69. The first-order chi connectivity index (χ1) is 10.2. The van der Waals surface area contributed by atoms with Crippen LogP contribution >= 0.6 is 0 Å². The van der Waals surface area contributed by atoms with Crippen molar-refractivity contribution >= 4 is 23.9 Å². The summed E-state index contributed by atoms with van der Waals surface area (Å²) in [6, 6.07) is 3.27. The lowest BCUT2D eigenvalue weighted by molar-refractivity contribution is -0.116. The zero-order valence-electron chi connectivity index (χ0n) is 11.7. The summed E-state index contributed by atoms with van der Waals surface area (Å²) in [5.74, 6) is -0.425. The molecule has 6 nitrogen and oxygen atoms in total. The highest BCUT2D eigenvalue weighted by Gasteiger charge is 2.26. The molecule has 1 aromatic heterocycles. The number of rotatable bonds is 5. The standard InChI is InChI=1S/C15H17N3O3/c1-2-13(20)18(10-11-19)14-12(6-5-7-16-14)15(21)17-8-3-4-9-17/h2,5-7,11H,1,3-4,8-10H2. The molecule has 0 aliphatic carbocycles. The molecule has 0 aromatic carbocycles. The van der Waals surface area contributed by atoms with Crippen LogP contribution in [0.25, 0.3) is 0 Å². The fourth-order valence-corrected chi connectivity index (χ4v) is 2.34. The SMILES string of the molecule is C=CC(=O)N(CC=O)c1ncccc1C(=O)N1CCCC1. The van der Waals surface area contributed by atoms with Crippen LogP contribution in [-0.4, -0.2) is 47.6 Å². The zero-order valence-corrected chi connectivity index (χ0v) is 11.7. The van der Waals surface area contributed by atoms with Gasteiger partial charge in [0.1, 0.15) is 12.1 Å². The predicted octanol–water partition coefficient (Wildman–Crippen LogP) is 1.04. The Morgan fingerprint density at radius 3 is 2.71 bits per heavy atom. The van der Waals surface area contributed by atoms with E-state index in [1.807, 2.05) is 0 Å². The van der Waals surface area contributed by atoms with Crippen LogP contribution in [0.3, 0.4) is 0 Å². The highest BCUT2D eigenvalue weighted by molar-refractivity contribution is 6.07. The van der Waals surface area contributed by atoms with E-state index in [4.69, 9.17) is 0 Å². The van der Waals surface area contributed by atoms with Crippen LogP contribution < -0.4 is 4.90 Å². The molecule has 1 aromatic rings. The highest BCUT2D eigenvalue weighted by atomic mass is 16.2. The smallest absolute Gasteiger partial charge is 0.257 e. The topological polar surface area (TPSA) is 70.6 Å². The second kappa shape index (κ2) is 6.78. The van der Waals surface area contributed by atoms with Crippen molar-refractivity contribution in [2.45, 2.75) is 12.8 Å². The number of anilines is 1. The van der Waals surface area contributed by atoms with Crippen molar-refractivity contribution in [3.63, 3.8) is 0 Å². The molecule has 1 aliphatic heterocycles. The van der Waals surface area contributed by atoms with Gasteiger partial charge < -0.3 is 9.69 Å². The van der Waals surface area contributed by atoms with Crippen molar-refractivity contribution in [3.05, 3.63) is 36.5 Å². The molecule has 1 aliphatic rings. The van der Waals surface area contributed by atoms with Crippen molar-refractivity contribution in [1.82, 2.24) is 9.88 Å². The summed E-state index contributed by atoms with van der Waals surface area (Å²) in [7, 11) is 0.